The fourth-order valence-electron chi connectivity index (χ4n) is 2.08. The molecule has 0 aliphatic rings. The number of nitrogens with zero attached hydrogens (tertiary/aromatic N) is 1. The molecule has 4 heteroatoms. The Bertz CT molecular complexity index is 511. The summed E-state index contributed by atoms with van der Waals surface area (Å²) in [6.45, 7) is 5.37. The van der Waals surface area contributed by atoms with Gasteiger partial charge in [-0.05, 0) is 31.5 Å². The van der Waals surface area contributed by atoms with Gasteiger partial charge in [0.15, 0.2) is 0 Å². The minimum Gasteiger partial charge on any atom is -0.310 e. The average Bonchev–Trinajstić information content (AvgIpc) is 2.90. The third kappa shape index (κ3) is 4.13. The summed E-state index contributed by atoms with van der Waals surface area (Å²) in [5.41, 5.74) is 4.53. The van der Waals surface area contributed by atoms with Crippen LogP contribution in [0.3, 0.4) is 0 Å². The molecule has 1 N–H and O–H groups in total. The third-order valence-electron chi connectivity index (χ3n) is 3.06. The predicted octanol–water partition coefficient (Wildman–Crippen LogP) is 4.50. The third-order valence-corrected chi connectivity index (χ3v) is 4.58. The number of hydrogen-bond donors (Lipinski definition) is 1. The van der Waals surface area contributed by atoms with Crippen LogP contribution in [0.25, 0.3) is 0 Å². The maximum absolute atomic E-state index is 4.17. The van der Waals surface area contributed by atoms with Gasteiger partial charge in [0.05, 0.1) is 5.51 Å². The van der Waals surface area contributed by atoms with E-state index in [0.717, 1.165) is 19.4 Å². The van der Waals surface area contributed by atoms with Crippen LogP contribution < -0.4 is 5.32 Å². The van der Waals surface area contributed by atoms with E-state index < -0.39 is 0 Å². The highest BCUT2D eigenvalue weighted by molar-refractivity contribution is 9.10. The van der Waals surface area contributed by atoms with Crippen molar-refractivity contribution in [3.8, 4) is 0 Å². The molecule has 102 valence electrons. The summed E-state index contributed by atoms with van der Waals surface area (Å²) in [5, 5.41) is 3.64. The van der Waals surface area contributed by atoms with Crippen LogP contribution in [0.15, 0.2) is 34.4 Å². The van der Waals surface area contributed by atoms with E-state index in [2.05, 4.69) is 58.3 Å². The Morgan fingerprint density at radius 3 is 2.95 bits per heavy atom. The van der Waals surface area contributed by atoms with E-state index in [1.165, 1.54) is 20.5 Å². The molecule has 0 amide bonds. The maximum Gasteiger partial charge on any atom is 0.0794 e. The first-order valence-electron chi connectivity index (χ1n) is 6.57. The molecular formula is C15H19BrN2S. The van der Waals surface area contributed by atoms with Crippen LogP contribution in [0.5, 0.6) is 0 Å². The number of hydrogen-bond acceptors (Lipinski definition) is 3. The molecule has 1 unspecified atom stereocenters. The van der Waals surface area contributed by atoms with Gasteiger partial charge in [0, 0.05) is 28.0 Å². The lowest BCUT2D eigenvalue weighted by atomic mass is 10.0. The van der Waals surface area contributed by atoms with Crippen molar-refractivity contribution in [2.45, 2.75) is 32.7 Å². The molecule has 0 saturated heterocycles. The lowest BCUT2D eigenvalue weighted by Crippen LogP contribution is -2.24. The fraction of sp³-hybridized carbons (Fsp3) is 0.400. The van der Waals surface area contributed by atoms with Crippen molar-refractivity contribution in [1.29, 1.82) is 0 Å². The van der Waals surface area contributed by atoms with E-state index in [1.54, 1.807) is 11.3 Å². The summed E-state index contributed by atoms with van der Waals surface area (Å²) in [5.74, 6) is 0. The Morgan fingerprint density at radius 1 is 1.42 bits per heavy atom. The largest absolute Gasteiger partial charge is 0.310 e. The molecule has 1 heterocycles. The first-order valence-corrected chi connectivity index (χ1v) is 8.24. The van der Waals surface area contributed by atoms with E-state index in [4.69, 9.17) is 0 Å². The van der Waals surface area contributed by atoms with Crippen molar-refractivity contribution in [3.63, 3.8) is 0 Å². The van der Waals surface area contributed by atoms with Gasteiger partial charge >= 0.3 is 0 Å². The van der Waals surface area contributed by atoms with Gasteiger partial charge < -0.3 is 5.32 Å². The standard InChI is InChI=1S/C15H19BrN2S/c1-3-6-18-15(8-12-9-17-10-19-12)13-7-11(2)4-5-14(13)16/h4-5,7,9-10,15,18H,3,6,8H2,1-2H3. The Hall–Kier alpha value is -0.710. The van der Waals surface area contributed by atoms with Crippen molar-refractivity contribution >= 4 is 27.3 Å². The van der Waals surface area contributed by atoms with Crippen LogP contribution >= 0.6 is 27.3 Å². The first kappa shape index (κ1) is 14.7. The van der Waals surface area contributed by atoms with Gasteiger partial charge in [0.25, 0.3) is 0 Å². The zero-order valence-corrected chi connectivity index (χ0v) is 13.7. The molecular weight excluding hydrogens is 320 g/mol. The second-order valence-electron chi connectivity index (χ2n) is 4.70. The zero-order chi connectivity index (χ0) is 13.7. The lowest BCUT2D eigenvalue weighted by molar-refractivity contribution is 0.530. The average molecular weight is 339 g/mol. The van der Waals surface area contributed by atoms with Crippen molar-refractivity contribution in [2.75, 3.05) is 6.54 Å². The number of halogens is 1. The number of aromatic nitrogens is 1. The second kappa shape index (κ2) is 7.17. The minimum atomic E-state index is 0.342. The van der Waals surface area contributed by atoms with Crippen molar-refractivity contribution < 1.29 is 0 Å². The van der Waals surface area contributed by atoms with Gasteiger partial charge in [0.2, 0.25) is 0 Å². The van der Waals surface area contributed by atoms with Crippen LogP contribution in [0.1, 0.15) is 35.4 Å². The van der Waals surface area contributed by atoms with Crippen LogP contribution in [-0.4, -0.2) is 11.5 Å². The van der Waals surface area contributed by atoms with Gasteiger partial charge in [0.1, 0.15) is 0 Å². The Morgan fingerprint density at radius 2 is 2.26 bits per heavy atom. The van der Waals surface area contributed by atoms with E-state index in [0.29, 0.717) is 6.04 Å². The van der Waals surface area contributed by atoms with Crippen LogP contribution in [0.4, 0.5) is 0 Å². The summed E-state index contributed by atoms with van der Waals surface area (Å²) >= 11 is 5.40. The number of thiazole rings is 1. The van der Waals surface area contributed by atoms with Gasteiger partial charge in [-0.3, -0.25) is 4.98 Å². The van der Waals surface area contributed by atoms with Crippen molar-refractivity contribution in [3.05, 3.63) is 50.4 Å². The van der Waals surface area contributed by atoms with Crippen LogP contribution in [0.2, 0.25) is 0 Å². The maximum atomic E-state index is 4.17. The Labute approximate surface area is 127 Å². The molecule has 19 heavy (non-hydrogen) atoms. The van der Waals surface area contributed by atoms with Crippen molar-refractivity contribution in [1.82, 2.24) is 10.3 Å². The quantitative estimate of drug-likeness (QED) is 0.838. The first-order chi connectivity index (χ1) is 9.20. The number of aryl methyl sites for hydroxylation is 1. The smallest absolute Gasteiger partial charge is 0.0794 e. The molecule has 1 aromatic carbocycles. The summed E-state index contributed by atoms with van der Waals surface area (Å²) in [6.07, 6.45) is 4.10. The highest BCUT2D eigenvalue weighted by Gasteiger charge is 2.15. The molecule has 0 bridgehead atoms. The van der Waals surface area contributed by atoms with Gasteiger partial charge in [-0.1, -0.05) is 40.5 Å². The summed E-state index contributed by atoms with van der Waals surface area (Å²) < 4.78 is 1.18. The number of nitrogens with one attached hydrogen (secondary N) is 1. The summed E-state index contributed by atoms with van der Waals surface area (Å²) in [6, 6.07) is 6.88. The number of benzene rings is 1. The van der Waals surface area contributed by atoms with E-state index in [1.807, 2.05) is 11.7 Å². The molecule has 0 saturated carbocycles. The lowest BCUT2D eigenvalue weighted by Gasteiger charge is -2.20. The van der Waals surface area contributed by atoms with Crippen LogP contribution in [-0.2, 0) is 6.42 Å². The predicted molar refractivity (Wildman–Crippen MR) is 85.7 cm³/mol. The molecule has 2 nitrogen and oxygen atoms in total. The highest BCUT2D eigenvalue weighted by Crippen LogP contribution is 2.28. The topological polar surface area (TPSA) is 24.9 Å². The molecule has 2 aromatic rings. The minimum absolute atomic E-state index is 0.342. The zero-order valence-electron chi connectivity index (χ0n) is 11.3. The van der Waals surface area contributed by atoms with Gasteiger partial charge in [-0.15, -0.1) is 11.3 Å². The van der Waals surface area contributed by atoms with E-state index in [9.17, 15) is 0 Å². The second-order valence-corrected chi connectivity index (χ2v) is 6.53. The van der Waals surface area contributed by atoms with E-state index in [-0.39, 0.29) is 0 Å². The molecule has 0 aliphatic carbocycles. The Balaban J connectivity index is 2.23. The van der Waals surface area contributed by atoms with Gasteiger partial charge in [-0.2, -0.15) is 0 Å². The SMILES string of the molecule is CCCNC(Cc1cncs1)c1cc(C)ccc1Br. The molecule has 0 spiro atoms. The normalized spacial score (nSPS) is 12.6. The molecule has 2 rings (SSSR count). The summed E-state index contributed by atoms with van der Waals surface area (Å²) in [7, 11) is 0. The van der Waals surface area contributed by atoms with E-state index >= 15 is 0 Å². The number of rotatable bonds is 6. The molecule has 1 atom stereocenters. The highest BCUT2D eigenvalue weighted by atomic mass is 79.9. The molecule has 1 aromatic heterocycles. The fourth-order valence-corrected chi connectivity index (χ4v) is 3.25. The molecule has 0 radical (unpaired) electrons. The molecule has 0 fully saturated rings. The van der Waals surface area contributed by atoms with Crippen molar-refractivity contribution in [2.24, 2.45) is 0 Å². The Kier molecular flexibility index (Phi) is 5.55. The van der Waals surface area contributed by atoms with Gasteiger partial charge in [-0.25, -0.2) is 0 Å². The van der Waals surface area contributed by atoms with Crippen LogP contribution in [0, 0.1) is 6.92 Å². The monoisotopic (exact) mass is 338 g/mol. The summed E-state index contributed by atoms with van der Waals surface area (Å²) in [4.78, 5) is 5.49. The molecule has 0 aliphatic heterocycles.